The van der Waals surface area contributed by atoms with Crippen LogP contribution < -0.4 is 0 Å². The fraction of sp³-hybridized carbons (Fsp3) is 1.00. The van der Waals surface area contributed by atoms with Crippen molar-refractivity contribution < 1.29 is 4.74 Å². The molecule has 0 saturated carbocycles. The van der Waals surface area contributed by atoms with Gasteiger partial charge in [-0.2, -0.15) is 0 Å². The van der Waals surface area contributed by atoms with Crippen LogP contribution in [-0.4, -0.2) is 12.2 Å². The average Bonchev–Trinajstić information content (AvgIpc) is 2.51. The lowest BCUT2D eigenvalue weighted by Gasteiger charge is -2.32. The largest absolute Gasteiger partial charge is 0.374 e. The van der Waals surface area contributed by atoms with Crippen LogP contribution in [0.4, 0.5) is 0 Å². The van der Waals surface area contributed by atoms with Crippen LogP contribution in [0.3, 0.4) is 0 Å². The summed E-state index contributed by atoms with van der Waals surface area (Å²) in [7, 11) is 0. The lowest BCUT2D eigenvalue weighted by Crippen LogP contribution is -2.31. The summed E-state index contributed by atoms with van der Waals surface area (Å²) < 4.78 is 6.65. The first kappa shape index (κ1) is 21.0. The second-order valence-electron chi connectivity index (χ2n) is 6.98. The van der Waals surface area contributed by atoms with Gasteiger partial charge in [-0.3, -0.25) is 0 Å². The summed E-state index contributed by atoms with van der Waals surface area (Å²) in [5.41, 5.74) is 0. The standard InChI is InChI=1S/C20H42O/c1-7-11-13-15-19(17(5)9-3)21-20(18(6)10-4)16-14-12-8-2/h17-20H,7-16H2,1-6H3. The molecule has 1 heteroatoms. The Morgan fingerprint density at radius 3 is 1.29 bits per heavy atom. The zero-order chi connectivity index (χ0) is 16.1. The number of hydrogen-bond donors (Lipinski definition) is 0. The molecule has 21 heavy (non-hydrogen) atoms. The first-order chi connectivity index (χ1) is 10.1. The van der Waals surface area contributed by atoms with Gasteiger partial charge in [0.15, 0.2) is 0 Å². The smallest absolute Gasteiger partial charge is 0.0604 e. The molecule has 0 fully saturated rings. The highest BCUT2D eigenvalue weighted by Crippen LogP contribution is 2.26. The molecule has 0 aliphatic carbocycles. The maximum absolute atomic E-state index is 6.65. The van der Waals surface area contributed by atoms with Gasteiger partial charge in [-0.15, -0.1) is 0 Å². The van der Waals surface area contributed by atoms with Gasteiger partial charge in [0, 0.05) is 0 Å². The van der Waals surface area contributed by atoms with E-state index in [0.717, 1.165) is 0 Å². The molecule has 4 unspecified atom stereocenters. The van der Waals surface area contributed by atoms with E-state index in [-0.39, 0.29) is 0 Å². The molecule has 0 aliphatic rings. The maximum atomic E-state index is 6.65. The van der Waals surface area contributed by atoms with Gasteiger partial charge >= 0.3 is 0 Å². The van der Waals surface area contributed by atoms with Gasteiger partial charge in [-0.25, -0.2) is 0 Å². The minimum Gasteiger partial charge on any atom is -0.374 e. The minimum atomic E-state index is 0.474. The van der Waals surface area contributed by atoms with Crippen LogP contribution in [0.1, 0.15) is 106 Å². The van der Waals surface area contributed by atoms with Crippen molar-refractivity contribution in [3.8, 4) is 0 Å². The molecule has 0 aliphatic heterocycles. The van der Waals surface area contributed by atoms with E-state index in [1.165, 1.54) is 64.2 Å². The summed E-state index contributed by atoms with van der Waals surface area (Å²) in [4.78, 5) is 0. The molecule has 0 N–H and O–H groups in total. The molecule has 0 aromatic rings. The molecule has 0 aromatic heterocycles. The van der Waals surface area contributed by atoms with E-state index < -0.39 is 0 Å². The number of rotatable bonds is 14. The third-order valence-corrected chi connectivity index (χ3v) is 5.09. The van der Waals surface area contributed by atoms with Gasteiger partial charge in [-0.1, -0.05) is 92.9 Å². The van der Waals surface area contributed by atoms with E-state index in [4.69, 9.17) is 4.74 Å². The van der Waals surface area contributed by atoms with Crippen molar-refractivity contribution in [2.24, 2.45) is 11.8 Å². The van der Waals surface area contributed by atoms with Crippen LogP contribution in [0.5, 0.6) is 0 Å². The molecular weight excluding hydrogens is 256 g/mol. The topological polar surface area (TPSA) is 9.23 Å². The van der Waals surface area contributed by atoms with Crippen molar-refractivity contribution in [1.82, 2.24) is 0 Å². The van der Waals surface area contributed by atoms with Crippen molar-refractivity contribution in [3.63, 3.8) is 0 Å². The van der Waals surface area contributed by atoms with Crippen LogP contribution in [0.2, 0.25) is 0 Å². The Hall–Kier alpha value is -0.0400. The van der Waals surface area contributed by atoms with E-state index >= 15 is 0 Å². The average molecular weight is 299 g/mol. The monoisotopic (exact) mass is 298 g/mol. The van der Waals surface area contributed by atoms with E-state index in [2.05, 4.69) is 41.5 Å². The van der Waals surface area contributed by atoms with E-state index in [9.17, 15) is 0 Å². The maximum Gasteiger partial charge on any atom is 0.0604 e. The summed E-state index contributed by atoms with van der Waals surface area (Å²) in [6.45, 7) is 13.9. The van der Waals surface area contributed by atoms with Crippen LogP contribution >= 0.6 is 0 Å². The summed E-state index contributed by atoms with van der Waals surface area (Å²) in [6, 6.07) is 0. The van der Waals surface area contributed by atoms with E-state index in [0.29, 0.717) is 24.0 Å². The van der Waals surface area contributed by atoms with Crippen LogP contribution in [0.15, 0.2) is 0 Å². The molecule has 4 atom stereocenters. The Morgan fingerprint density at radius 1 is 0.619 bits per heavy atom. The first-order valence-corrected chi connectivity index (χ1v) is 9.75. The van der Waals surface area contributed by atoms with Gasteiger partial charge in [0.25, 0.3) is 0 Å². The molecule has 1 nitrogen and oxygen atoms in total. The van der Waals surface area contributed by atoms with Crippen LogP contribution in [0, 0.1) is 11.8 Å². The molecule has 128 valence electrons. The quantitative estimate of drug-likeness (QED) is 0.314. The minimum absolute atomic E-state index is 0.474. The van der Waals surface area contributed by atoms with E-state index in [1.807, 2.05) is 0 Å². The number of hydrogen-bond acceptors (Lipinski definition) is 1. The van der Waals surface area contributed by atoms with Crippen LogP contribution in [0.25, 0.3) is 0 Å². The molecule has 0 saturated heterocycles. The van der Waals surface area contributed by atoms with Crippen molar-refractivity contribution >= 4 is 0 Å². The Labute approximate surface area is 135 Å². The van der Waals surface area contributed by atoms with Gasteiger partial charge in [0.05, 0.1) is 12.2 Å². The third-order valence-electron chi connectivity index (χ3n) is 5.09. The van der Waals surface area contributed by atoms with Gasteiger partial charge in [-0.05, 0) is 24.7 Å². The molecule has 0 aromatic carbocycles. The second-order valence-corrected chi connectivity index (χ2v) is 6.98. The Bertz CT molecular complexity index is 192. The number of ether oxygens (including phenoxy) is 1. The summed E-state index contributed by atoms with van der Waals surface area (Å²) in [5.74, 6) is 1.39. The Morgan fingerprint density at radius 2 is 1.00 bits per heavy atom. The predicted molar refractivity (Wildman–Crippen MR) is 95.9 cm³/mol. The second kappa shape index (κ2) is 13.6. The van der Waals surface area contributed by atoms with Crippen molar-refractivity contribution in [2.75, 3.05) is 0 Å². The molecule has 0 heterocycles. The van der Waals surface area contributed by atoms with Gasteiger partial charge < -0.3 is 4.74 Å². The lowest BCUT2D eigenvalue weighted by molar-refractivity contribution is -0.0723. The van der Waals surface area contributed by atoms with E-state index in [1.54, 1.807) is 0 Å². The lowest BCUT2D eigenvalue weighted by atomic mass is 9.93. The fourth-order valence-electron chi connectivity index (χ4n) is 2.91. The Balaban J connectivity index is 4.52. The molecule has 0 bridgehead atoms. The molecule has 0 amide bonds. The van der Waals surface area contributed by atoms with Crippen LogP contribution in [-0.2, 0) is 4.74 Å². The zero-order valence-electron chi connectivity index (χ0n) is 15.8. The van der Waals surface area contributed by atoms with Gasteiger partial charge in [0.2, 0.25) is 0 Å². The molecule has 0 rings (SSSR count). The predicted octanol–water partition coefficient (Wildman–Crippen LogP) is 6.99. The van der Waals surface area contributed by atoms with Crippen molar-refractivity contribution in [1.29, 1.82) is 0 Å². The highest BCUT2D eigenvalue weighted by Gasteiger charge is 2.24. The normalized spacial score (nSPS) is 17.4. The SMILES string of the molecule is CCCCCC(OC(CCCCC)C(C)CC)C(C)CC. The van der Waals surface area contributed by atoms with Gasteiger partial charge in [0.1, 0.15) is 0 Å². The molecule has 0 spiro atoms. The highest BCUT2D eigenvalue weighted by atomic mass is 16.5. The number of unbranched alkanes of at least 4 members (excludes halogenated alkanes) is 4. The summed E-state index contributed by atoms with van der Waals surface area (Å²) in [6.07, 6.45) is 13.9. The first-order valence-electron chi connectivity index (χ1n) is 9.75. The third kappa shape index (κ3) is 9.55. The fourth-order valence-corrected chi connectivity index (χ4v) is 2.91. The zero-order valence-corrected chi connectivity index (χ0v) is 15.8. The summed E-state index contributed by atoms with van der Waals surface area (Å²) >= 11 is 0. The van der Waals surface area contributed by atoms with Crippen molar-refractivity contribution in [2.45, 2.75) is 118 Å². The molecular formula is C20H42O. The molecule has 0 radical (unpaired) electrons. The summed E-state index contributed by atoms with van der Waals surface area (Å²) in [5, 5.41) is 0. The highest BCUT2D eigenvalue weighted by molar-refractivity contribution is 4.72. The Kier molecular flexibility index (Phi) is 13.6. The van der Waals surface area contributed by atoms with Crippen molar-refractivity contribution in [3.05, 3.63) is 0 Å².